The van der Waals surface area contributed by atoms with Gasteiger partial charge in [0.15, 0.2) is 5.78 Å². The van der Waals surface area contributed by atoms with E-state index in [0.29, 0.717) is 5.02 Å². The van der Waals surface area contributed by atoms with Gasteiger partial charge < -0.3 is 5.11 Å². The van der Waals surface area contributed by atoms with Gasteiger partial charge in [0.1, 0.15) is 0 Å². The highest BCUT2D eigenvalue weighted by molar-refractivity contribution is 6.67. The van der Waals surface area contributed by atoms with Crippen LogP contribution in [0.2, 0.25) is 5.02 Å². The summed E-state index contributed by atoms with van der Waals surface area (Å²) >= 11 is 10.8. The molecular formula is C10H8Cl2O3. The van der Waals surface area contributed by atoms with E-state index in [2.05, 4.69) is 0 Å². The Morgan fingerprint density at radius 3 is 2.07 bits per heavy atom. The maximum absolute atomic E-state index is 11.2. The second-order valence-electron chi connectivity index (χ2n) is 3.05. The van der Waals surface area contributed by atoms with Gasteiger partial charge in [0.05, 0.1) is 0 Å². The van der Waals surface area contributed by atoms with Crippen molar-refractivity contribution >= 4 is 34.2 Å². The maximum atomic E-state index is 11.2. The van der Waals surface area contributed by atoms with Crippen LogP contribution in [0.3, 0.4) is 0 Å². The smallest absolute Gasteiger partial charge is 0.265 e. The Kier molecular flexibility index (Phi) is 3.50. The first-order valence-electron chi connectivity index (χ1n) is 4.08. The Bertz CT molecular complexity index is 384. The molecule has 0 fully saturated rings. The Balaban J connectivity index is 3.28. The zero-order valence-corrected chi connectivity index (χ0v) is 9.34. The van der Waals surface area contributed by atoms with Gasteiger partial charge in [-0.25, -0.2) is 0 Å². The van der Waals surface area contributed by atoms with Gasteiger partial charge in [0.25, 0.3) is 5.24 Å². The zero-order chi connectivity index (χ0) is 11.6. The second-order valence-corrected chi connectivity index (χ2v) is 3.83. The van der Waals surface area contributed by atoms with Crippen LogP contribution >= 0.6 is 23.2 Å². The largest absolute Gasteiger partial charge is 0.370 e. The summed E-state index contributed by atoms with van der Waals surface area (Å²) in [7, 11) is 0. The van der Waals surface area contributed by atoms with Gasteiger partial charge in [-0.05, 0) is 30.7 Å². The molecule has 0 aliphatic rings. The van der Waals surface area contributed by atoms with Crippen LogP contribution in [-0.2, 0) is 15.2 Å². The van der Waals surface area contributed by atoms with Crippen molar-refractivity contribution in [2.75, 3.05) is 0 Å². The third kappa shape index (κ3) is 2.20. The van der Waals surface area contributed by atoms with Crippen molar-refractivity contribution in [2.24, 2.45) is 0 Å². The van der Waals surface area contributed by atoms with E-state index in [1.54, 1.807) is 0 Å². The molecule has 0 aliphatic carbocycles. The van der Waals surface area contributed by atoms with E-state index in [9.17, 15) is 14.7 Å². The van der Waals surface area contributed by atoms with Gasteiger partial charge in [0, 0.05) is 10.6 Å². The fraction of sp³-hybridized carbons (Fsp3) is 0.200. The van der Waals surface area contributed by atoms with Gasteiger partial charge in [-0.1, -0.05) is 23.7 Å². The predicted molar refractivity (Wildman–Crippen MR) is 56.9 cm³/mol. The molecule has 1 atom stereocenters. The number of carbonyl (C=O) groups excluding carboxylic acids is 2. The molecule has 15 heavy (non-hydrogen) atoms. The molecule has 0 amide bonds. The summed E-state index contributed by atoms with van der Waals surface area (Å²) < 4.78 is 0. The summed E-state index contributed by atoms with van der Waals surface area (Å²) in [4.78, 5) is 22.3. The zero-order valence-electron chi connectivity index (χ0n) is 7.83. The molecule has 1 aromatic rings. The topological polar surface area (TPSA) is 54.4 Å². The molecule has 0 heterocycles. The van der Waals surface area contributed by atoms with Crippen LogP contribution in [0.25, 0.3) is 0 Å². The van der Waals surface area contributed by atoms with Gasteiger partial charge >= 0.3 is 0 Å². The highest BCUT2D eigenvalue weighted by atomic mass is 35.5. The van der Waals surface area contributed by atoms with E-state index >= 15 is 0 Å². The first-order valence-corrected chi connectivity index (χ1v) is 4.84. The molecule has 3 nitrogen and oxygen atoms in total. The highest BCUT2D eigenvalue weighted by Crippen LogP contribution is 2.26. The van der Waals surface area contributed by atoms with Gasteiger partial charge in [-0.15, -0.1) is 0 Å². The molecule has 0 saturated carbocycles. The molecule has 0 aromatic heterocycles. The molecule has 0 spiro atoms. The van der Waals surface area contributed by atoms with Crippen LogP contribution in [0.1, 0.15) is 12.5 Å². The van der Waals surface area contributed by atoms with Crippen LogP contribution in [0.5, 0.6) is 0 Å². The number of carbonyl (C=O) groups is 2. The van der Waals surface area contributed by atoms with Crippen LogP contribution in [0, 0.1) is 0 Å². The number of benzene rings is 1. The molecule has 0 saturated heterocycles. The van der Waals surface area contributed by atoms with Crippen molar-refractivity contribution in [3.63, 3.8) is 0 Å². The number of aliphatic hydroxyl groups is 1. The van der Waals surface area contributed by atoms with E-state index in [1.807, 2.05) is 0 Å². The third-order valence-corrected chi connectivity index (χ3v) is 2.58. The summed E-state index contributed by atoms with van der Waals surface area (Å²) in [5.41, 5.74) is -2.18. The molecule has 0 aliphatic heterocycles. The standard InChI is InChI=1S/C10H8Cl2O3/c1-6(13)10(15,9(12)14)7-2-4-8(11)5-3-7/h2-5,15H,1H3. The number of halogens is 2. The monoisotopic (exact) mass is 246 g/mol. The Morgan fingerprint density at radius 1 is 1.27 bits per heavy atom. The predicted octanol–water partition coefficient (Wildman–Crippen LogP) is 1.88. The lowest BCUT2D eigenvalue weighted by Gasteiger charge is -2.20. The van der Waals surface area contributed by atoms with Gasteiger partial charge in [0.2, 0.25) is 5.60 Å². The molecule has 1 aromatic carbocycles. The molecule has 5 heteroatoms. The summed E-state index contributed by atoms with van der Waals surface area (Å²) in [5, 5.41) is 9.16. The Morgan fingerprint density at radius 2 is 1.73 bits per heavy atom. The number of ketones is 1. The molecule has 1 rings (SSSR count). The Labute approximate surface area is 96.6 Å². The van der Waals surface area contributed by atoms with Crippen molar-refractivity contribution in [2.45, 2.75) is 12.5 Å². The maximum Gasteiger partial charge on any atom is 0.265 e. The molecule has 1 unspecified atom stereocenters. The first kappa shape index (κ1) is 12.2. The molecule has 80 valence electrons. The minimum absolute atomic E-state index is 0.111. The summed E-state index contributed by atoms with van der Waals surface area (Å²) in [5.74, 6) is -0.732. The van der Waals surface area contributed by atoms with Crippen LogP contribution < -0.4 is 0 Å². The SMILES string of the molecule is CC(=O)C(O)(C(=O)Cl)c1ccc(Cl)cc1. The van der Waals surface area contributed by atoms with Crippen LogP contribution in [0.15, 0.2) is 24.3 Å². The molecule has 0 bridgehead atoms. The van der Waals surface area contributed by atoms with Gasteiger partial charge in [-0.2, -0.15) is 0 Å². The van der Waals surface area contributed by atoms with E-state index in [-0.39, 0.29) is 5.56 Å². The normalized spacial score (nSPS) is 14.4. The second kappa shape index (κ2) is 4.31. The summed E-state index contributed by atoms with van der Waals surface area (Å²) in [6.45, 7) is 1.09. The average molecular weight is 247 g/mol. The number of rotatable bonds is 3. The fourth-order valence-electron chi connectivity index (χ4n) is 1.15. The van der Waals surface area contributed by atoms with E-state index in [1.165, 1.54) is 24.3 Å². The van der Waals surface area contributed by atoms with E-state index in [0.717, 1.165) is 6.92 Å². The quantitative estimate of drug-likeness (QED) is 0.655. The lowest BCUT2D eigenvalue weighted by Crippen LogP contribution is -2.39. The third-order valence-electron chi connectivity index (χ3n) is 2.06. The summed E-state index contributed by atoms with van der Waals surface area (Å²) in [6.07, 6.45) is 0. The minimum atomic E-state index is -2.29. The number of Topliss-reactive ketones (excluding diaryl/α,β-unsaturated/α-hetero) is 1. The fourth-order valence-corrected chi connectivity index (χ4v) is 1.51. The lowest BCUT2D eigenvalue weighted by atomic mass is 9.91. The van der Waals surface area contributed by atoms with Crippen molar-refractivity contribution in [1.82, 2.24) is 0 Å². The molecule has 1 N–H and O–H groups in total. The first-order chi connectivity index (χ1) is 6.89. The minimum Gasteiger partial charge on any atom is -0.370 e. The van der Waals surface area contributed by atoms with E-state index in [4.69, 9.17) is 23.2 Å². The summed E-state index contributed by atoms with van der Waals surface area (Å²) in [6, 6.07) is 5.68. The van der Waals surface area contributed by atoms with Crippen molar-refractivity contribution in [3.05, 3.63) is 34.9 Å². The molecule has 0 radical (unpaired) electrons. The molecular weight excluding hydrogens is 239 g/mol. The van der Waals surface area contributed by atoms with Crippen molar-refractivity contribution in [3.8, 4) is 0 Å². The van der Waals surface area contributed by atoms with Crippen molar-refractivity contribution in [1.29, 1.82) is 0 Å². The van der Waals surface area contributed by atoms with Crippen LogP contribution in [-0.4, -0.2) is 16.1 Å². The Hall–Kier alpha value is -0.900. The van der Waals surface area contributed by atoms with Crippen molar-refractivity contribution < 1.29 is 14.7 Å². The highest BCUT2D eigenvalue weighted by Gasteiger charge is 2.41. The van der Waals surface area contributed by atoms with Crippen LogP contribution in [0.4, 0.5) is 0 Å². The number of hydrogen-bond donors (Lipinski definition) is 1. The average Bonchev–Trinajstić information content (AvgIpc) is 2.17. The number of hydrogen-bond acceptors (Lipinski definition) is 3. The lowest BCUT2D eigenvalue weighted by molar-refractivity contribution is -0.145. The van der Waals surface area contributed by atoms with Gasteiger partial charge in [-0.3, -0.25) is 9.59 Å². The van der Waals surface area contributed by atoms with E-state index < -0.39 is 16.6 Å².